The van der Waals surface area contributed by atoms with Crippen LogP contribution in [0.5, 0.6) is 0 Å². The summed E-state index contributed by atoms with van der Waals surface area (Å²) in [5, 5.41) is 9.11. The highest BCUT2D eigenvalue weighted by molar-refractivity contribution is 5.06. The van der Waals surface area contributed by atoms with Crippen LogP contribution in [0.15, 0.2) is 0 Å². The van der Waals surface area contributed by atoms with Gasteiger partial charge < -0.3 is 5.11 Å². The Bertz CT molecular complexity index is 178. The van der Waals surface area contributed by atoms with Crippen LogP contribution in [0.1, 0.15) is 39.5 Å². The lowest BCUT2D eigenvalue weighted by molar-refractivity contribution is 0.143. The lowest BCUT2D eigenvalue weighted by Crippen LogP contribution is -2.25. The number of hydrogen-bond donors (Lipinski definition) is 1. The molecule has 1 N–H and O–H groups in total. The fraction of sp³-hybridized carbons (Fsp3) is 1.00. The minimum Gasteiger partial charge on any atom is -0.396 e. The van der Waals surface area contributed by atoms with E-state index in [0.717, 1.165) is 11.8 Å². The van der Waals surface area contributed by atoms with E-state index in [9.17, 15) is 0 Å². The Kier molecular flexibility index (Phi) is 1.95. The number of aliphatic hydroxyl groups excluding tert-OH is 1. The van der Waals surface area contributed by atoms with E-state index in [0.29, 0.717) is 17.9 Å². The van der Waals surface area contributed by atoms with Gasteiger partial charge in [-0.15, -0.1) is 0 Å². The molecule has 0 bridgehead atoms. The van der Waals surface area contributed by atoms with Gasteiger partial charge in [-0.3, -0.25) is 0 Å². The highest BCUT2D eigenvalue weighted by atomic mass is 16.3. The molecule has 2 fully saturated rings. The molecule has 0 radical (unpaired) electrons. The first kappa shape index (κ1) is 8.55. The molecule has 1 heteroatoms. The van der Waals surface area contributed by atoms with Gasteiger partial charge in [0.2, 0.25) is 0 Å². The second kappa shape index (κ2) is 2.73. The predicted octanol–water partition coefficient (Wildman–Crippen LogP) is 2.44. The fourth-order valence-corrected chi connectivity index (χ4v) is 3.27. The summed E-state index contributed by atoms with van der Waals surface area (Å²) in [6, 6.07) is 0. The molecule has 0 aromatic heterocycles. The van der Waals surface area contributed by atoms with Gasteiger partial charge in [-0.25, -0.2) is 0 Å². The van der Waals surface area contributed by atoms with Gasteiger partial charge in [-0.05, 0) is 42.4 Å². The third kappa shape index (κ3) is 1.10. The number of aliphatic hydroxyl groups is 1. The van der Waals surface area contributed by atoms with Crippen molar-refractivity contribution in [1.82, 2.24) is 0 Å². The fourth-order valence-electron chi connectivity index (χ4n) is 3.27. The first-order valence-corrected chi connectivity index (χ1v) is 5.30. The summed E-state index contributed by atoms with van der Waals surface area (Å²) in [7, 11) is 0. The van der Waals surface area contributed by atoms with Gasteiger partial charge in [0, 0.05) is 6.61 Å². The van der Waals surface area contributed by atoms with Crippen molar-refractivity contribution in [2.75, 3.05) is 6.61 Å². The molecule has 4 atom stereocenters. The van der Waals surface area contributed by atoms with Gasteiger partial charge in [0.15, 0.2) is 0 Å². The largest absolute Gasteiger partial charge is 0.396 e. The zero-order chi connectivity index (χ0) is 8.77. The molecule has 12 heavy (non-hydrogen) atoms. The van der Waals surface area contributed by atoms with Crippen molar-refractivity contribution in [3.8, 4) is 0 Å². The summed E-state index contributed by atoms with van der Waals surface area (Å²) in [6.45, 7) is 5.17. The second-order valence-corrected chi connectivity index (χ2v) is 5.10. The van der Waals surface area contributed by atoms with Gasteiger partial charge in [0.25, 0.3) is 0 Å². The molecule has 4 unspecified atom stereocenters. The van der Waals surface area contributed by atoms with Crippen molar-refractivity contribution in [2.24, 2.45) is 23.2 Å². The Labute approximate surface area is 75.2 Å². The monoisotopic (exact) mass is 168 g/mol. The Hall–Kier alpha value is -0.0400. The molecule has 0 saturated heterocycles. The molecular weight excluding hydrogens is 148 g/mol. The Morgan fingerprint density at radius 2 is 2.17 bits per heavy atom. The summed E-state index contributed by atoms with van der Waals surface area (Å²) >= 11 is 0. The third-order valence-electron chi connectivity index (χ3n) is 4.34. The van der Waals surface area contributed by atoms with Gasteiger partial charge >= 0.3 is 0 Å². The normalized spacial score (nSPS) is 52.8. The molecule has 1 nitrogen and oxygen atoms in total. The topological polar surface area (TPSA) is 20.2 Å². The van der Waals surface area contributed by atoms with E-state index in [2.05, 4.69) is 13.8 Å². The lowest BCUT2D eigenvalue weighted by Gasteiger charge is -2.33. The molecule has 1 spiro atoms. The van der Waals surface area contributed by atoms with Crippen LogP contribution in [-0.2, 0) is 0 Å². The summed E-state index contributed by atoms with van der Waals surface area (Å²) in [5.74, 6) is 2.43. The minimum absolute atomic E-state index is 0.429. The van der Waals surface area contributed by atoms with Crippen LogP contribution >= 0.6 is 0 Å². The smallest absolute Gasteiger partial charge is 0.0464 e. The molecule has 70 valence electrons. The SMILES string of the molecule is CC1CCC2(CC2CO)C(C)C1. The van der Waals surface area contributed by atoms with Crippen molar-refractivity contribution >= 4 is 0 Å². The van der Waals surface area contributed by atoms with E-state index < -0.39 is 0 Å². The Morgan fingerprint density at radius 1 is 1.42 bits per heavy atom. The zero-order valence-electron chi connectivity index (χ0n) is 8.21. The first-order chi connectivity index (χ1) is 5.69. The molecule has 0 heterocycles. The van der Waals surface area contributed by atoms with E-state index in [-0.39, 0.29) is 0 Å². The molecule has 2 rings (SSSR count). The maximum Gasteiger partial charge on any atom is 0.0464 e. The molecule has 2 aliphatic carbocycles. The van der Waals surface area contributed by atoms with Gasteiger partial charge in [0.1, 0.15) is 0 Å². The Balaban J connectivity index is 2.00. The van der Waals surface area contributed by atoms with Gasteiger partial charge in [-0.1, -0.05) is 20.3 Å². The van der Waals surface area contributed by atoms with E-state index in [1.165, 1.54) is 25.7 Å². The van der Waals surface area contributed by atoms with E-state index in [1.807, 2.05) is 0 Å². The highest BCUT2D eigenvalue weighted by Gasteiger charge is 2.57. The van der Waals surface area contributed by atoms with E-state index in [1.54, 1.807) is 0 Å². The average molecular weight is 168 g/mol. The van der Waals surface area contributed by atoms with Gasteiger partial charge in [-0.2, -0.15) is 0 Å². The van der Waals surface area contributed by atoms with Crippen LogP contribution in [0.2, 0.25) is 0 Å². The first-order valence-electron chi connectivity index (χ1n) is 5.30. The molecule has 2 saturated carbocycles. The predicted molar refractivity (Wildman–Crippen MR) is 49.8 cm³/mol. The molecule has 0 aliphatic heterocycles. The number of rotatable bonds is 1. The van der Waals surface area contributed by atoms with Crippen molar-refractivity contribution < 1.29 is 5.11 Å². The summed E-state index contributed by atoms with van der Waals surface area (Å²) < 4.78 is 0. The third-order valence-corrected chi connectivity index (χ3v) is 4.34. The maximum atomic E-state index is 9.11. The van der Waals surface area contributed by atoms with Crippen LogP contribution in [0.4, 0.5) is 0 Å². The van der Waals surface area contributed by atoms with Crippen molar-refractivity contribution in [2.45, 2.75) is 39.5 Å². The lowest BCUT2D eigenvalue weighted by atomic mass is 9.72. The van der Waals surface area contributed by atoms with Crippen LogP contribution in [0.3, 0.4) is 0 Å². The molecular formula is C11H20O. The molecule has 0 aromatic rings. The Morgan fingerprint density at radius 3 is 2.67 bits per heavy atom. The quantitative estimate of drug-likeness (QED) is 0.637. The highest BCUT2D eigenvalue weighted by Crippen LogP contribution is 2.64. The molecule has 2 aliphatic rings. The second-order valence-electron chi connectivity index (χ2n) is 5.10. The standard InChI is InChI=1S/C11H20O/c1-8-3-4-11(9(2)5-8)6-10(11)7-12/h8-10,12H,3-7H2,1-2H3. The summed E-state index contributed by atoms with van der Waals surface area (Å²) in [6.07, 6.45) is 5.45. The molecule has 0 aromatic carbocycles. The summed E-state index contributed by atoms with van der Waals surface area (Å²) in [4.78, 5) is 0. The summed E-state index contributed by atoms with van der Waals surface area (Å²) in [5.41, 5.74) is 0.585. The zero-order valence-corrected chi connectivity index (χ0v) is 8.21. The van der Waals surface area contributed by atoms with E-state index in [4.69, 9.17) is 5.11 Å². The van der Waals surface area contributed by atoms with Gasteiger partial charge in [0.05, 0.1) is 0 Å². The maximum absolute atomic E-state index is 9.11. The van der Waals surface area contributed by atoms with Crippen LogP contribution in [-0.4, -0.2) is 11.7 Å². The van der Waals surface area contributed by atoms with Crippen LogP contribution in [0.25, 0.3) is 0 Å². The van der Waals surface area contributed by atoms with Crippen LogP contribution in [0, 0.1) is 23.2 Å². The number of hydrogen-bond acceptors (Lipinski definition) is 1. The van der Waals surface area contributed by atoms with Crippen molar-refractivity contribution in [3.05, 3.63) is 0 Å². The van der Waals surface area contributed by atoms with E-state index >= 15 is 0 Å². The molecule has 0 amide bonds. The minimum atomic E-state index is 0.429. The van der Waals surface area contributed by atoms with Crippen molar-refractivity contribution in [3.63, 3.8) is 0 Å². The van der Waals surface area contributed by atoms with Crippen molar-refractivity contribution in [1.29, 1.82) is 0 Å². The average Bonchev–Trinajstić information content (AvgIpc) is 2.74. The van der Waals surface area contributed by atoms with Crippen LogP contribution < -0.4 is 0 Å².